The van der Waals surface area contributed by atoms with E-state index in [4.69, 9.17) is 5.11 Å². The first kappa shape index (κ1) is 8.28. The molecule has 0 aromatic carbocycles. The molecule has 0 aliphatic carbocycles. The van der Waals surface area contributed by atoms with Gasteiger partial charge in [0.1, 0.15) is 4.21 Å². The van der Waals surface area contributed by atoms with Crippen LogP contribution >= 0.6 is 41.5 Å². The third-order valence-corrected chi connectivity index (χ3v) is 4.52. The van der Waals surface area contributed by atoms with E-state index in [0.29, 0.717) is 0 Å². The van der Waals surface area contributed by atoms with Crippen molar-refractivity contribution in [1.29, 1.82) is 0 Å². The minimum Gasteiger partial charge on any atom is -0.476 e. The van der Waals surface area contributed by atoms with E-state index in [1.54, 1.807) is 0 Å². The van der Waals surface area contributed by atoms with Gasteiger partial charge in [0.05, 0.1) is 5.51 Å². The fourth-order valence-corrected chi connectivity index (χ4v) is 2.99. The minimum atomic E-state index is -0.958. The number of carboxylic acids is 1. The number of carbonyl (C=O) groups is 1. The predicted octanol–water partition coefficient (Wildman–Crippen LogP) is 2.28. The highest BCUT2D eigenvalue weighted by Gasteiger charge is 2.12. The Morgan fingerprint density at radius 2 is 2.60 bits per heavy atom. The van der Waals surface area contributed by atoms with Gasteiger partial charge in [-0.1, -0.05) is 0 Å². The topological polar surface area (TPSA) is 50.2 Å². The van der Waals surface area contributed by atoms with Gasteiger partial charge in [-0.25, -0.2) is 9.78 Å². The summed E-state index contributed by atoms with van der Waals surface area (Å²) in [7, 11) is 1.38. The van der Waals surface area contributed by atoms with Gasteiger partial charge < -0.3 is 5.11 Å². The summed E-state index contributed by atoms with van der Waals surface area (Å²) in [5.41, 5.74) is 1.69. The lowest BCUT2D eigenvalue weighted by atomic mass is 10.5. The molecule has 0 unspecified atom stereocenters. The summed E-state index contributed by atoms with van der Waals surface area (Å²) in [4.78, 5) is 14.0. The van der Waals surface area contributed by atoms with Gasteiger partial charge in [-0.2, -0.15) is 0 Å². The molecule has 3 nitrogen and oxygen atoms in total. The molecule has 0 radical (unpaired) electrons. The van der Waals surface area contributed by atoms with Gasteiger partial charge in [0, 0.05) is 21.2 Å². The van der Waals surface area contributed by atoms with Crippen molar-refractivity contribution in [2.24, 2.45) is 0 Å². The van der Waals surface area contributed by atoms with Crippen LogP contribution in [0.4, 0.5) is 0 Å². The summed E-state index contributed by atoms with van der Waals surface area (Å²) in [5, 5.41) is 8.51. The van der Waals surface area contributed by atoms with E-state index in [-0.39, 0.29) is 5.69 Å². The molecule has 0 aliphatic rings. The van der Waals surface area contributed by atoms with Crippen LogP contribution in [0.15, 0.2) is 9.72 Å². The van der Waals surface area contributed by atoms with Gasteiger partial charge in [0.2, 0.25) is 0 Å². The Balaban J connectivity index is 3.01. The van der Waals surface area contributed by atoms with Crippen molar-refractivity contribution in [3.05, 3.63) is 11.2 Å². The van der Waals surface area contributed by atoms with Crippen molar-refractivity contribution in [3.63, 3.8) is 0 Å². The van der Waals surface area contributed by atoms with E-state index in [1.165, 1.54) is 25.8 Å². The number of hydrogen-bond acceptors (Lipinski definition) is 4. The Morgan fingerprint density at radius 3 is 3.00 bits per heavy atom. The molecule has 0 saturated heterocycles. The lowest BCUT2D eigenvalue weighted by Gasteiger charge is -1.87. The zero-order valence-electron chi connectivity index (χ0n) is 4.57. The Hall–Kier alpha value is 0.180. The maximum atomic E-state index is 10.4. The van der Waals surface area contributed by atoms with Crippen molar-refractivity contribution >= 4 is 47.4 Å². The Morgan fingerprint density at radius 1 is 1.90 bits per heavy atom. The van der Waals surface area contributed by atoms with Crippen LogP contribution in [0.5, 0.6) is 0 Å². The second kappa shape index (κ2) is 3.54. The average Bonchev–Trinajstić information content (AvgIpc) is 2.33. The highest BCUT2D eigenvalue weighted by molar-refractivity contribution is 14.2. The molecule has 6 heteroatoms. The van der Waals surface area contributed by atoms with E-state index in [0.717, 1.165) is 4.21 Å². The largest absolute Gasteiger partial charge is 0.476 e. The number of nitrogens with zero attached hydrogens (tertiary/aromatic N) is 1. The maximum Gasteiger partial charge on any atom is 0.356 e. The number of aromatic nitrogens is 1. The normalized spacial score (nSPS) is 9.70. The quantitative estimate of drug-likeness (QED) is 0.848. The molecule has 10 heavy (non-hydrogen) atoms. The number of aromatic carboxylic acids is 1. The average molecular weight is 287 g/mol. The lowest BCUT2D eigenvalue weighted by molar-refractivity contribution is 0.0688. The molecule has 0 bridgehead atoms. The first-order valence-corrected chi connectivity index (χ1v) is 6.45. The molecule has 1 aromatic heterocycles. The first-order chi connectivity index (χ1) is 4.75. The molecule has 0 spiro atoms. The predicted molar refractivity (Wildman–Crippen MR) is 49.0 cm³/mol. The monoisotopic (exact) mass is 287 g/mol. The fourth-order valence-electron chi connectivity index (χ4n) is 0.433. The van der Waals surface area contributed by atoms with Gasteiger partial charge >= 0.3 is 5.97 Å². The van der Waals surface area contributed by atoms with Crippen LogP contribution in [0.2, 0.25) is 0 Å². The Labute approximate surface area is 77.4 Å². The van der Waals surface area contributed by atoms with Gasteiger partial charge in [-0.3, -0.25) is 0 Å². The van der Waals surface area contributed by atoms with E-state index >= 15 is 0 Å². The number of carboxylic acid groups (broad SMARTS) is 1. The summed E-state index contributed by atoms with van der Waals surface area (Å²) in [6.45, 7) is 0. The molecule has 0 aliphatic heterocycles. The number of rotatable bonds is 2. The zero-order valence-corrected chi connectivity index (χ0v) is 8.36. The second-order valence-corrected chi connectivity index (χ2v) is 4.37. The molecule has 54 valence electrons. The van der Waals surface area contributed by atoms with Crippen LogP contribution in [0, 0.1) is 0 Å². The summed E-state index contributed by atoms with van der Waals surface area (Å²) < 4.78 is 0.744. The van der Waals surface area contributed by atoms with Gasteiger partial charge in [-0.15, -0.1) is 11.3 Å². The van der Waals surface area contributed by atoms with E-state index in [1.807, 2.05) is 21.2 Å². The fraction of sp³-hybridized carbons (Fsp3) is 0. The summed E-state index contributed by atoms with van der Waals surface area (Å²) >= 11 is 3.37. The Bertz CT molecular complexity index is 249. The van der Waals surface area contributed by atoms with Crippen LogP contribution in [0.1, 0.15) is 10.5 Å². The van der Waals surface area contributed by atoms with Crippen molar-refractivity contribution in [3.8, 4) is 0 Å². The lowest BCUT2D eigenvalue weighted by Crippen LogP contribution is -1.96. The SMILES string of the molecule is O=C(O)c1ncsc1SI. The highest BCUT2D eigenvalue weighted by atomic mass is 127. The van der Waals surface area contributed by atoms with Gasteiger partial charge in [0.25, 0.3) is 0 Å². The third kappa shape index (κ3) is 1.61. The molecule has 1 N–H and O–H groups in total. The van der Waals surface area contributed by atoms with Gasteiger partial charge in [-0.05, 0) is 8.93 Å². The first-order valence-electron chi connectivity index (χ1n) is 2.21. The van der Waals surface area contributed by atoms with Crippen molar-refractivity contribution in [2.45, 2.75) is 4.21 Å². The van der Waals surface area contributed by atoms with Crippen LogP contribution < -0.4 is 0 Å². The molecular formula is C4H2INO2S2. The molecule has 0 saturated carbocycles. The summed E-state index contributed by atoms with van der Waals surface area (Å²) in [6, 6.07) is 0. The molecule has 1 aromatic rings. The van der Waals surface area contributed by atoms with E-state index < -0.39 is 5.97 Å². The Kier molecular flexibility index (Phi) is 2.93. The minimum absolute atomic E-state index is 0.157. The van der Waals surface area contributed by atoms with E-state index in [9.17, 15) is 4.79 Å². The molecule has 1 heterocycles. The summed E-state index contributed by atoms with van der Waals surface area (Å²) in [5.74, 6) is -0.958. The second-order valence-electron chi connectivity index (χ2n) is 1.37. The molecule has 0 amide bonds. The standard InChI is InChI=1S/C4H2INO2S2/c5-10-4-2(3(7)8)6-1-9-4/h1H,(H,7,8). The molecule has 1 rings (SSSR count). The van der Waals surface area contributed by atoms with Crippen LogP contribution in [0.25, 0.3) is 0 Å². The van der Waals surface area contributed by atoms with Crippen LogP contribution in [0.3, 0.4) is 0 Å². The zero-order chi connectivity index (χ0) is 7.56. The number of thiazole rings is 1. The summed E-state index contributed by atoms with van der Waals surface area (Å²) in [6.07, 6.45) is 0. The maximum absolute atomic E-state index is 10.4. The highest BCUT2D eigenvalue weighted by Crippen LogP contribution is 2.31. The molecular weight excluding hydrogens is 285 g/mol. The van der Waals surface area contributed by atoms with Gasteiger partial charge in [0.15, 0.2) is 5.69 Å². The van der Waals surface area contributed by atoms with Crippen molar-refractivity contribution in [1.82, 2.24) is 4.98 Å². The third-order valence-electron chi connectivity index (χ3n) is 0.808. The van der Waals surface area contributed by atoms with Crippen molar-refractivity contribution < 1.29 is 9.90 Å². The molecule has 0 atom stereocenters. The van der Waals surface area contributed by atoms with E-state index in [2.05, 4.69) is 4.98 Å². The molecule has 0 fully saturated rings. The number of halogens is 1. The van der Waals surface area contributed by atoms with Crippen molar-refractivity contribution in [2.75, 3.05) is 0 Å². The van der Waals surface area contributed by atoms with Crippen LogP contribution in [-0.4, -0.2) is 16.1 Å². The van der Waals surface area contributed by atoms with Crippen LogP contribution in [-0.2, 0) is 0 Å². The smallest absolute Gasteiger partial charge is 0.356 e. The number of hydrogen-bond donors (Lipinski definition) is 1.